The van der Waals surface area contributed by atoms with Gasteiger partial charge in [0.15, 0.2) is 0 Å². The lowest BCUT2D eigenvalue weighted by Gasteiger charge is -2.19. The molecular weight excluding hydrogens is 242 g/mol. The summed E-state index contributed by atoms with van der Waals surface area (Å²) < 4.78 is 0. The molecule has 0 aliphatic carbocycles. The minimum Gasteiger partial charge on any atom is -0.478 e. The molecule has 4 heteroatoms. The largest absolute Gasteiger partial charge is 0.478 e. The summed E-state index contributed by atoms with van der Waals surface area (Å²) in [6.07, 6.45) is 0. The molecule has 19 heavy (non-hydrogen) atoms. The second kappa shape index (κ2) is 6.02. The van der Waals surface area contributed by atoms with Crippen molar-refractivity contribution >= 4 is 11.7 Å². The fraction of sp³-hybridized carbons (Fsp3) is 0.133. The first-order valence-electron chi connectivity index (χ1n) is 5.97. The van der Waals surface area contributed by atoms with Crippen LogP contribution in [0.4, 0.5) is 5.69 Å². The summed E-state index contributed by atoms with van der Waals surface area (Å²) in [7, 11) is 0. The predicted molar refractivity (Wildman–Crippen MR) is 73.3 cm³/mol. The summed E-state index contributed by atoms with van der Waals surface area (Å²) in [6.45, 7) is -0.113. The van der Waals surface area contributed by atoms with E-state index < -0.39 is 5.97 Å². The van der Waals surface area contributed by atoms with Crippen LogP contribution < -0.4 is 5.32 Å². The molecule has 0 heterocycles. The molecule has 2 aromatic carbocycles. The molecule has 4 nitrogen and oxygen atoms in total. The van der Waals surface area contributed by atoms with Crippen molar-refractivity contribution in [3.05, 3.63) is 65.7 Å². The van der Waals surface area contributed by atoms with Gasteiger partial charge in [-0.15, -0.1) is 0 Å². The van der Waals surface area contributed by atoms with Crippen LogP contribution in [0.5, 0.6) is 0 Å². The van der Waals surface area contributed by atoms with Gasteiger partial charge >= 0.3 is 5.97 Å². The summed E-state index contributed by atoms with van der Waals surface area (Å²) in [5.41, 5.74) is 1.60. The molecule has 3 N–H and O–H groups in total. The van der Waals surface area contributed by atoms with E-state index in [1.165, 1.54) is 6.07 Å². The second-order valence-corrected chi connectivity index (χ2v) is 4.14. The van der Waals surface area contributed by atoms with Crippen molar-refractivity contribution in [1.29, 1.82) is 0 Å². The Labute approximate surface area is 111 Å². The molecule has 2 aromatic rings. The fourth-order valence-corrected chi connectivity index (χ4v) is 1.90. The van der Waals surface area contributed by atoms with E-state index >= 15 is 0 Å². The number of hydrogen-bond acceptors (Lipinski definition) is 3. The lowest BCUT2D eigenvalue weighted by Crippen LogP contribution is -2.16. The maximum Gasteiger partial charge on any atom is 0.337 e. The minimum absolute atomic E-state index is 0.113. The lowest BCUT2D eigenvalue weighted by atomic mass is 10.1. The predicted octanol–water partition coefficient (Wildman–Crippen LogP) is 2.53. The molecule has 0 radical (unpaired) electrons. The number of aromatic carboxylic acids is 1. The quantitative estimate of drug-likeness (QED) is 0.769. The number of carbonyl (C=O) groups is 1. The molecule has 0 aliphatic heterocycles. The summed E-state index contributed by atoms with van der Waals surface area (Å²) in [5.74, 6) is -0.993. The topological polar surface area (TPSA) is 69.6 Å². The molecule has 1 unspecified atom stereocenters. The SMILES string of the molecule is O=C(O)c1ccccc1NC(CO)c1ccccc1. The van der Waals surface area contributed by atoms with Crippen LogP contribution in [0.25, 0.3) is 0 Å². The molecule has 0 amide bonds. The molecule has 0 bridgehead atoms. The molecule has 2 rings (SSSR count). The number of carboxylic acid groups (broad SMARTS) is 1. The van der Waals surface area contributed by atoms with Gasteiger partial charge < -0.3 is 15.5 Å². The smallest absolute Gasteiger partial charge is 0.337 e. The highest BCUT2D eigenvalue weighted by Gasteiger charge is 2.14. The van der Waals surface area contributed by atoms with E-state index in [4.69, 9.17) is 5.11 Å². The maximum atomic E-state index is 11.1. The van der Waals surface area contributed by atoms with E-state index in [9.17, 15) is 9.90 Å². The number of anilines is 1. The Bertz CT molecular complexity index is 554. The van der Waals surface area contributed by atoms with Gasteiger partial charge in [0, 0.05) is 5.69 Å². The van der Waals surface area contributed by atoms with Crippen molar-refractivity contribution in [2.75, 3.05) is 11.9 Å². The fourth-order valence-electron chi connectivity index (χ4n) is 1.90. The Hall–Kier alpha value is -2.33. The number of aliphatic hydroxyl groups is 1. The molecule has 0 spiro atoms. The Morgan fingerprint density at radius 2 is 1.68 bits per heavy atom. The summed E-state index contributed by atoms with van der Waals surface area (Å²) in [6, 6.07) is 15.7. The number of hydrogen-bond donors (Lipinski definition) is 3. The van der Waals surface area contributed by atoms with Crippen LogP contribution in [0.15, 0.2) is 54.6 Å². The van der Waals surface area contributed by atoms with Gasteiger partial charge in [0.1, 0.15) is 0 Å². The highest BCUT2D eigenvalue weighted by Crippen LogP contribution is 2.22. The van der Waals surface area contributed by atoms with E-state index in [1.807, 2.05) is 30.3 Å². The first kappa shape index (κ1) is 13.1. The molecule has 0 saturated carbocycles. The van der Waals surface area contributed by atoms with E-state index in [0.29, 0.717) is 5.69 Å². The standard InChI is InChI=1S/C15H15NO3/c17-10-14(11-6-2-1-3-7-11)16-13-9-5-4-8-12(13)15(18)19/h1-9,14,16-17H,10H2,(H,18,19). The number of nitrogens with one attached hydrogen (secondary N) is 1. The Balaban J connectivity index is 2.27. The van der Waals surface area contributed by atoms with Crippen molar-refractivity contribution < 1.29 is 15.0 Å². The van der Waals surface area contributed by atoms with Gasteiger partial charge in [-0.25, -0.2) is 4.79 Å². The molecule has 0 aliphatic rings. The van der Waals surface area contributed by atoms with Gasteiger partial charge in [-0.05, 0) is 17.7 Å². The number of benzene rings is 2. The molecule has 98 valence electrons. The highest BCUT2D eigenvalue weighted by atomic mass is 16.4. The van der Waals surface area contributed by atoms with Gasteiger partial charge in [-0.3, -0.25) is 0 Å². The van der Waals surface area contributed by atoms with Crippen molar-refractivity contribution in [1.82, 2.24) is 0 Å². The first-order valence-corrected chi connectivity index (χ1v) is 5.97. The third-order valence-corrected chi connectivity index (χ3v) is 2.87. The van der Waals surface area contributed by atoms with Gasteiger partial charge in [-0.1, -0.05) is 42.5 Å². The van der Waals surface area contributed by atoms with E-state index in [0.717, 1.165) is 5.56 Å². The van der Waals surface area contributed by atoms with Crippen LogP contribution in [-0.4, -0.2) is 22.8 Å². The zero-order chi connectivity index (χ0) is 13.7. The summed E-state index contributed by atoms with van der Waals surface area (Å²) in [5, 5.41) is 21.6. The molecular formula is C15H15NO3. The monoisotopic (exact) mass is 257 g/mol. The Morgan fingerprint density at radius 1 is 1.05 bits per heavy atom. The first-order chi connectivity index (χ1) is 9.22. The zero-order valence-electron chi connectivity index (χ0n) is 10.3. The molecule has 0 fully saturated rings. The van der Waals surface area contributed by atoms with Gasteiger partial charge in [-0.2, -0.15) is 0 Å². The minimum atomic E-state index is -0.993. The summed E-state index contributed by atoms with van der Waals surface area (Å²) in [4.78, 5) is 11.1. The number of carboxylic acids is 1. The van der Waals surface area contributed by atoms with Crippen LogP contribution in [0.2, 0.25) is 0 Å². The second-order valence-electron chi connectivity index (χ2n) is 4.14. The Kier molecular flexibility index (Phi) is 4.15. The highest BCUT2D eigenvalue weighted by molar-refractivity contribution is 5.94. The van der Waals surface area contributed by atoms with Crippen LogP contribution in [0.1, 0.15) is 22.0 Å². The number of rotatable bonds is 5. The normalized spacial score (nSPS) is 11.8. The number of para-hydroxylation sites is 1. The zero-order valence-corrected chi connectivity index (χ0v) is 10.3. The van der Waals surface area contributed by atoms with Gasteiger partial charge in [0.25, 0.3) is 0 Å². The van der Waals surface area contributed by atoms with E-state index in [1.54, 1.807) is 18.2 Å². The molecule has 0 saturated heterocycles. The van der Waals surface area contributed by atoms with E-state index in [2.05, 4.69) is 5.32 Å². The van der Waals surface area contributed by atoms with Gasteiger partial charge in [0.2, 0.25) is 0 Å². The number of aliphatic hydroxyl groups excluding tert-OH is 1. The third-order valence-electron chi connectivity index (χ3n) is 2.87. The lowest BCUT2D eigenvalue weighted by molar-refractivity contribution is 0.0697. The van der Waals surface area contributed by atoms with Crippen molar-refractivity contribution in [2.24, 2.45) is 0 Å². The molecule has 0 aromatic heterocycles. The van der Waals surface area contributed by atoms with Crippen LogP contribution in [-0.2, 0) is 0 Å². The van der Waals surface area contributed by atoms with Crippen LogP contribution >= 0.6 is 0 Å². The van der Waals surface area contributed by atoms with Crippen molar-refractivity contribution in [3.63, 3.8) is 0 Å². The average molecular weight is 257 g/mol. The van der Waals surface area contributed by atoms with Crippen molar-refractivity contribution in [2.45, 2.75) is 6.04 Å². The Morgan fingerprint density at radius 3 is 2.32 bits per heavy atom. The maximum absolute atomic E-state index is 11.1. The van der Waals surface area contributed by atoms with Gasteiger partial charge in [0.05, 0.1) is 18.2 Å². The van der Waals surface area contributed by atoms with Crippen LogP contribution in [0.3, 0.4) is 0 Å². The average Bonchev–Trinajstić information content (AvgIpc) is 2.46. The third kappa shape index (κ3) is 3.11. The van der Waals surface area contributed by atoms with E-state index in [-0.39, 0.29) is 18.2 Å². The van der Waals surface area contributed by atoms with Crippen molar-refractivity contribution in [3.8, 4) is 0 Å². The van der Waals surface area contributed by atoms with Crippen LogP contribution in [0, 0.1) is 0 Å². The molecule has 1 atom stereocenters. The summed E-state index contributed by atoms with van der Waals surface area (Å²) >= 11 is 0.